The van der Waals surface area contributed by atoms with E-state index in [4.69, 9.17) is 11.6 Å². The summed E-state index contributed by atoms with van der Waals surface area (Å²) in [5, 5.41) is 11.2. The van der Waals surface area contributed by atoms with Crippen molar-refractivity contribution in [1.82, 2.24) is 4.98 Å². The average molecular weight is 251 g/mol. The van der Waals surface area contributed by atoms with Gasteiger partial charge in [-0.2, -0.15) is 0 Å². The van der Waals surface area contributed by atoms with Crippen LogP contribution in [0.25, 0.3) is 10.9 Å². The number of likely N-dealkylation sites (N-methyl/N-ethyl adjacent to an activating group) is 1. The van der Waals surface area contributed by atoms with Gasteiger partial charge in [0.1, 0.15) is 5.75 Å². The van der Waals surface area contributed by atoms with E-state index in [1.807, 2.05) is 19.3 Å². The fraction of sp³-hybridized carbons (Fsp3) is 0.385. The van der Waals surface area contributed by atoms with Gasteiger partial charge in [-0.25, -0.2) is 0 Å². The van der Waals surface area contributed by atoms with Crippen molar-refractivity contribution in [2.75, 3.05) is 24.4 Å². The number of nitrogens with zero attached hydrogens (tertiary/aromatic N) is 1. The zero-order valence-electron chi connectivity index (χ0n) is 9.92. The Hall–Kier alpha value is -1.35. The van der Waals surface area contributed by atoms with Crippen molar-refractivity contribution in [3.05, 3.63) is 23.4 Å². The second-order valence-corrected chi connectivity index (χ2v) is 5.09. The molecule has 1 aliphatic heterocycles. The number of aromatic amines is 1. The fourth-order valence-corrected chi connectivity index (χ4v) is 3.11. The lowest BCUT2D eigenvalue weighted by atomic mass is 9.97. The monoisotopic (exact) mass is 250 g/mol. The van der Waals surface area contributed by atoms with Crippen LogP contribution in [0.3, 0.4) is 0 Å². The van der Waals surface area contributed by atoms with Gasteiger partial charge in [0.25, 0.3) is 0 Å². The minimum absolute atomic E-state index is 0.314. The van der Waals surface area contributed by atoms with Gasteiger partial charge in [-0.05, 0) is 18.1 Å². The molecule has 17 heavy (non-hydrogen) atoms. The summed E-state index contributed by atoms with van der Waals surface area (Å²) in [5.41, 5.74) is 4.36. The number of alkyl halides is 1. The normalized spacial score (nSPS) is 19.0. The molecule has 0 amide bonds. The Bertz CT molecular complexity index is 591. The van der Waals surface area contributed by atoms with E-state index in [1.165, 1.54) is 5.56 Å². The molecule has 1 aliphatic rings. The molecule has 4 heteroatoms. The first-order valence-electron chi connectivity index (χ1n) is 5.74. The molecule has 0 spiro atoms. The molecule has 0 radical (unpaired) electrons. The first-order valence-corrected chi connectivity index (χ1v) is 6.27. The summed E-state index contributed by atoms with van der Waals surface area (Å²) in [5.74, 6) is 1.27. The molecule has 3 rings (SSSR count). The van der Waals surface area contributed by atoms with E-state index in [9.17, 15) is 5.11 Å². The fourth-order valence-electron chi connectivity index (χ4n) is 2.85. The largest absolute Gasteiger partial charge is 0.506 e. The van der Waals surface area contributed by atoms with E-state index in [0.29, 0.717) is 17.5 Å². The van der Waals surface area contributed by atoms with Crippen molar-refractivity contribution in [3.63, 3.8) is 0 Å². The van der Waals surface area contributed by atoms with E-state index in [0.717, 1.165) is 28.7 Å². The number of aromatic hydroxyl groups is 1. The molecule has 0 fully saturated rings. The van der Waals surface area contributed by atoms with Crippen LogP contribution in [-0.4, -0.2) is 29.6 Å². The molecule has 1 unspecified atom stereocenters. The third-order valence-corrected chi connectivity index (χ3v) is 4.02. The Labute approximate surface area is 105 Å². The van der Waals surface area contributed by atoms with Crippen molar-refractivity contribution < 1.29 is 5.11 Å². The van der Waals surface area contributed by atoms with E-state index >= 15 is 0 Å². The number of hydrogen-bond donors (Lipinski definition) is 2. The van der Waals surface area contributed by atoms with Crippen LogP contribution < -0.4 is 4.90 Å². The van der Waals surface area contributed by atoms with Crippen LogP contribution in [-0.2, 0) is 0 Å². The van der Waals surface area contributed by atoms with Gasteiger partial charge in [0.15, 0.2) is 0 Å². The second-order valence-electron chi connectivity index (χ2n) is 4.78. The molecule has 1 aromatic heterocycles. The van der Waals surface area contributed by atoms with Crippen LogP contribution in [0.1, 0.15) is 17.0 Å². The molecule has 0 saturated heterocycles. The maximum absolute atomic E-state index is 10.0. The van der Waals surface area contributed by atoms with Gasteiger partial charge in [-0.1, -0.05) is 0 Å². The van der Waals surface area contributed by atoms with E-state index in [-0.39, 0.29) is 0 Å². The quantitative estimate of drug-likeness (QED) is 0.764. The minimum Gasteiger partial charge on any atom is -0.506 e. The SMILES string of the molecule is Cc1c[nH]c2c(O)cc3c(c12)C(CCl)CN3C. The van der Waals surface area contributed by atoms with Gasteiger partial charge < -0.3 is 15.0 Å². The minimum atomic E-state index is 0.314. The number of aromatic nitrogens is 1. The number of rotatable bonds is 1. The lowest BCUT2D eigenvalue weighted by Crippen LogP contribution is -2.15. The average Bonchev–Trinajstić information content (AvgIpc) is 2.82. The smallest absolute Gasteiger partial charge is 0.141 e. The molecule has 0 aliphatic carbocycles. The summed E-state index contributed by atoms with van der Waals surface area (Å²) in [6.45, 7) is 2.98. The highest BCUT2D eigenvalue weighted by Gasteiger charge is 2.30. The first kappa shape index (κ1) is 10.8. The van der Waals surface area contributed by atoms with Crippen molar-refractivity contribution in [1.29, 1.82) is 0 Å². The lowest BCUT2D eigenvalue weighted by Gasteiger charge is -2.12. The van der Waals surface area contributed by atoms with Gasteiger partial charge in [-0.3, -0.25) is 0 Å². The van der Waals surface area contributed by atoms with Crippen LogP contribution in [0.15, 0.2) is 12.3 Å². The third kappa shape index (κ3) is 1.35. The zero-order chi connectivity index (χ0) is 12.2. The summed E-state index contributed by atoms with van der Waals surface area (Å²) in [7, 11) is 2.04. The topological polar surface area (TPSA) is 39.3 Å². The van der Waals surface area contributed by atoms with Gasteiger partial charge >= 0.3 is 0 Å². The highest BCUT2D eigenvalue weighted by molar-refractivity contribution is 6.18. The van der Waals surface area contributed by atoms with Crippen molar-refractivity contribution in [2.24, 2.45) is 0 Å². The Morgan fingerprint density at radius 3 is 3.06 bits per heavy atom. The number of anilines is 1. The molecular weight excluding hydrogens is 236 g/mol. The summed E-state index contributed by atoms with van der Waals surface area (Å²) in [6, 6.07) is 1.83. The summed E-state index contributed by atoms with van der Waals surface area (Å²) >= 11 is 6.06. The number of hydrogen-bond acceptors (Lipinski definition) is 2. The Morgan fingerprint density at radius 2 is 2.35 bits per heavy atom. The van der Waals surface area contributed by atoms with Crippen LogP contribution in [0.2, 0.25) is 0 Å². The molecule has 2 aromatic rings. The van der Waals surface area contributed by atoms with Gasteiger partial charge in [0.05, 0.1) is 5.52 Å². The summed E-state index contributed by atoms with van der Waals surface area (Å²) in [6.07, 6.45) is 1.94. The number of halogens is 1. The predicted octanol–water partition coefficient (Wildman–Crippen LogP) is 2.95. The number of nitrogens with one attached hydrogen (secondary N) is 1. The molecule has 1 atom stereocenters. The number of benzene rings is 1. The molecule has 0 bridgehead atoms. The summed E-state index contributed by atoms with van der Waals surface area (Å²) < 4.78 is 0. The molecule has 90 valence electrons. The second kappa shape index (κ2) is 3.57. The number of phenolic OH excluding ortho intramolecular Hbond substituents is 1. The van der Waals surface area contributed by atoms with E-state index < -0.39 is 0 Å². The van der Waals surface area contributed by atoms with Gasteiger partial charge in [0, 0.05) is 48.7 Å². The van der Waals surface area contributed by atoms with E-state index in [1.54, 1.807) is 0 Å². The highest BCUT2D eigenvalue weighted by atomic mass is 35.5. The Balaban J connectivity index is 2.41. The number of aryl methyl sites for hydroxylation is 1. The Morgan fingerprint density at radius 1 is 1.59 bits per heavy atom. The zero-order valence-corrected chi connectivity index (χ0v) is 10.7. The van der Waals surface area contributed by atoms with Gasteiger partial charge in [0.2, 0.25) is 0 Å². The van der Waals surface area contributed by atoms with Crippen LogP contribution in [0.4, 0.5) is 5.69 Å². The maximum atomic E-state index is 10.0. The maximum Gasteiger partial charge on any atom is 0.141 e. The van der Waals surface area contributed by atoms with Crippen molar-refractivity contribution >= 4 is 28.2 Å². The van der Waals surface area contributed by atoms with Crippen LogP contribution in [0, 0.1) is 6.92 Å². The van der Waals surface area contributed by atoms with E-state index in [2.05, 4.69) is 16.8 Å². The van der Waals surface area contributed by atoms with Gasteiger partial charge in [-0.15, -0.1) is 11.6 Å². The first-order chi connectivity index (χ1) is 8.13. The molecule has 2 N–H and O–H groups in total. The van der Waals surface area contributed by atoms with Crippen LogP contribution >= 0.6 is 11.6 Å². The highest BCUT2D eigenvalue weighted by Crippen LogP contribution is 2.45. The number of phenols is 1. The molecule has 0 saturated carbocycles. The summed E-state index contributed by atoms with van der Waals surface area (Å²) in [4.78, 5) is 5.29. The molecule has 1 aromatic carbocycles. The lowest BCUT2D eigenvalue weighted by molar-refractivity contribution is 0.480. The molecular formula is C13H15ClN2O. The molecule has 2 heterocycles. The van der Waals surface area contributed by atoms with Crippen LogP contribution in [0.5, 0.6) is 5.75 Å². The number of H-pyrrole nitrogens is 1. The number of fused-ring (bicyclic) bond motifs is 3. The third-order valence-electron chi connectivity index (χ3n) is 3.65. The Kier molecular flexibility index (Phi) is 2.26. The standard InChI is InChI=1S/C13H15ClN2O/c1-7-5-15-13-10(17)3-9-12(11(7)13)8(4-14)6-16(9)2/h3,5,8,15,17H,4,6H2,1-2H3. The molecule has 3 nitrogen and oxygen atoms in total. The van der Waals surface area contributed by atoms with Crippen molar-refractivity contribution in [2.45, 2.75) is 12.8 Å². The predicted molar refractivity (Wildman–Crippen MR) is 71.4 cm³/mol. The van der Waals surface area contributed by atoms with Crippen molar-refractivity contribution in [3.8, 4) is 5.75 Å².